The lowest BCUT2D eigenvalue weighted by Gasteiger charge is -2.40. The predicted molar refractivity (Wildman–Crippen MR) is 111 cm³/mol. The van der Waals surface area contributed by atoms with Crippen LogP contribution in [0.15, 0.2) is 48.5 Å². The van der Waals surface area contributed by atoms with Crippen LogP contribution in [-0.4, -0.2) is 66.8 Å². The number of urea groups is 1. The smallest absolute Gasteiger partial charge is 0.322 e. The van der Waals surface area contributed by atoms with Crippen molar-refractivity contribution in [3.05, 3.63) is 54.1 Å². The first kappa shape index (κ1) is 18.7. The van der Waals surface area contributed by atoms with Gasteiger partial charge in [0.05, 0.1) is 5.56 Å². The van der Waals surface area contributed by atoms with E-state index in [1.807, 2.05) is 35.2 Å². The molecule has 3 aliphatic heterocycles. The molecule has 8 heteroatoms. The molecule has 0 radical (unpaired) electrons. The van der Waals surface area contributed by atoms with E-state index >= 15 is 0 Å². The molecule has 156 valence electrons. The minimum atomic E-state index is -0.195. The van der Waals surface area contributed by atoms with E-state index < -0.39 is 0 Å². The molecule has 2 fully saturated rings. The monoisotopic (exact) mass is 408 g/mol. The Bertz CT molecular complexity index is 951. The molecule has 0 spiro atoms. The van der Waals surface area contributed by atoms with Gasteiger partial charge < -0.3 is 25.0 Å². The van der Waals surface area contributed by atoms with E-state index in [2.05, 4.69) is 15.5 Å². The lowest BCUT2D eigenvalue weighted by atomic mass is 10.1. The van der Waals surface area contributed by atoms with Gasteiger partial charge in [-0.3, -0.25) is 9.69 Å². The lowest BCUT2D eigenvalue weighted by molar-refractivity contribution is 0.0879. The number of fused-ring (bicyclic) bond motifs is 3. The van der Waals surface area contributed by atoms with Crippen molar-refractivity contribution in [3.63, 3.8) is 0 Å². The first-order valence-electron chi connectivity index (χ1n) is 10.2. The number of amides is 3. The average molecular weight is 408 g/mol. The van der Waals surface area contributed by atoms with Gasteiger partial charge in [0.1, 0.15) is 0 Å². The van der Waals surface area contributed by atoms with E-state index in [-0.39, 0.29) is 30.8 Å². The molecule has 1 unspecified atom stereocenters. The van der Waals surface area contributed by atoms with Crippen molar-refractivity contribution in [1.82, 2.24) is 15.1 Å². The molecule has 8 nitrogen and oxygen atoms in total. The molecular formula is C22H24N4O4. The number of piperazine rings is 1. The van der Waals surface area contributed by atoms with Crippen molar-refractivity contribution >= 4 is 17.6 Å². The molecule has 2 saturated heterocycles. The Hall–Kier alpha value is -3.26. The van der Waals surface area contributed by atoms with Crippen LogP contribution in [0.4, 0.5) is 10.5 Å². The van der Waals surface area contributed by atoms with Crippen LogP contribution in [0.5, 0.6) is 11.5 Å². The van der Waals surface area contributed by atoms with Gasteiger partial charge in [-0.15, -0.1) is 0 Å². The van der Waals surface area contributed by atoms with Crippen LogP contribution in [0.3, 0.4) is 0 Å². The molecule has 5 rings (SSSR count). The number of hydrogen-bond acceptors (Lipinski definition) is 5. The highest BCUT2D eigenvalue weighted by Crippen LogP contribution is 2.35. The van der Waals surface area contributed by atoms with Crippen molar-refractivity contribution in [2.75, 3.05) is 38.3 Å². The topological polar surface area (TPSA) is 83.1 Å². The van der Waals surface area contributed by atoms with Gasteiger partial charge in [-0.2, -0.15) is 0 Å². The van der Waals surface area contributed by atoms with Gasteiger partial charge in [0.15, 0.2) is 11.5 Å². The first-order valence-corrected chi connectivity index (χ1v) is 10.2. The Kier molecular flexibility index (Phi) is 4.92. The van der Waals surface area contributed by atoms with Crippen LogP contribution in [-0.2, 0) is 0 Å². The number of ether oxygens (including phenoxy) is 2. The van der Waals surface area contributed by atoms with Gasteiger partial charge in [0, 0.05) is 44.0 Å². The third-order valence-electron chi connectivity index (χ3n) is 5.98. The van der Waals surface area contributed by atoms with Gasteiger partial charge in [0.2, 0.25) is 6.79 Å². The molecular weight excluding hydrogens is 384 g/mol. The molecule has 2 N–H and O–H groups in total. The molecule has 3 amide bonds. The summed E-state index contributed by atoms with van der Waals surface area (Å²) in [5.41, 5.74) is 1.26. The van der Waals surface area contributed by atoms with E-state index in [9.17, 15) is 9.59 Å². The third-order valence-corrected chi connectivity index (χ3v) is 5.98. The molecule has 3 heterocycles. The molecule has 0 saturated carbocycles. The second-order valence-corrected chi connectivity index (χ2v) is 7.79. The van der Waals surface area contributed by atoms with E-state index in [4.69, 9.17) is 9.47 Å². The number of anilines is 1. The van der Waals surface area contributed by atoms with Crippen molar-refractivity contribution < 1.29 is 19.1 Å². The number of nitrogens with one attached hydrogen (secondary N) is 2. The van der Waals surface area contributed by atoms with Gasteiger partial charge in [0.25, 0.3) is 5.91 Å². The van der Waals surface area contributed by atoms with Gasteiger partial charge in [-0.25, -0.2) is 4.79 Å². The third kappa shape index (κ3) is 3.54. The van der Waals surface area contributed by atoms with E-state index in [1.165, 1.54) is 0 Å². The van der Waals surface area contributed by atoms with Crippen molar-refractivity contribution in [1.29, 1.82) is 0 Å². The number of carbonyl (C=O) groups is 2. The molecule has 2 aromatic carbocycles. The molecule has 0 aliphatic carbocycles. The van der Waals surface area contributed by atoms with Crippen LogP contribution >= 0.6 is 0 Å². The highest BCUT2D eigenvalue weighted by Gasteiger charge is 2.40. The zero-order valence-electron chi connectivity index (χ0n) is 16.5. The largest absolute Gasteiger partial charge is 0.454 e. The average Bonchev–Trinajstić information content (AvgIpc) is 3.41. The van der Waals surface area contributed by atoms with Crippen molar-refractivity contribution in [3.8, 4) is 11.5 Å². The maximum atomic E-state index is 12.9. The number of para-hydroxylation sites is 2. The van der Waals surface area contributed by atoms with E-state index in [1.54, 1.807) is 18.2 Å². The van der Waals surface area contributed by atoms with Crippen molar-refractivity contribution in [2.24, 2.45) is 0 Å². The normalized spacial score (nSPS) is 23.9. The number of nitrogens with zero attached hydrogens (tertiary/aromatic N) is 2. The number of rotatable bonds is 4. The Morgan fingerprint density at radius 2 is 1.90 bits per heavy atom. The minimum Gasteiger partial charge on any atom is -0.454 e. The molecule has 0 aromatic heterocycles. The van der Waals surface area contributed by atoms with Gasteiger partial charge >= 0.3 is 6.03 Å². The number of benzene rings is 2. The Morgan fingerprint density at radius 3 is 2.77 bits per heavy atom. The minimum absolute atomic E-state index is 0.0724. The quantitative estimate of drug-likeness (QED) is 0.810. The first-order chi connectivity index (χ1) is 14.7. The SMILES string of the molecule is O=C(NC[C@H]1CN(C(=O)Nc2ccccc2)[C@H]2CCN1C2)c1cccc2c1OCO2. The summed E-state index contributed by atoms with van der Waals surface area (Å²) in [5.74, 6) is 0.883. The molecule has 2 bridgehead atoms. The maximum absolute atomic E-state index is 12.9. The Labute approximate surface area is 174 Å². The highest BCUT2D eigenvalue weighted by atomic mass is 16.7. The fourth-order valence-electron chi connectivity index (χ4n) is 4.42. The van der Waals surface area contributed by atoms with Crippen LogP contribution < -0.4 is 20.1 Å². The zero-order valence-corrected chi connectivity index (χ0v) is 16.5. The maximum Gasteiger partial charge on any atom is 0.322 e. The lowest BCUT2D eigenvalue weighted by Crippen LogP contribution is -2.58. The standard InChI is InChI=1S/C22H24N4O4/c27-21(18-7-4-8-19-20(18)30-14-29-19)23-11-17-13-26(16-9-10-25(17)12-16)22(28)24-15-5-2-1-3-6-15/h1-8,16-17H,9-14H2,(H,23,27)(H,24,28)/t16-,17-/m0/s1. The van der Waals surface area contributed by atoms with Crippen LogP contribution in [0.1, 0.15) is 16.8 Å². The van der Waals surface area contributed by atoms with Crippen molar-refractivity contribution in [2.45, 2.75) is 18.5 Å². The summed E-state index contributed by atoms with van der Waals surface area (Å²) < 4.78 is 10.8. The molecule has 30 heavy (non-hydrogen) atoms. The summed E-state index contributed by atoms with van der Waals surface area (Å²) in [5, 5.41) is 6.00. The summed E-state index contributed by atoms with van der Waals surface area (Å²) in [7, 11) is 0. The van der Waals surface area contributed by atoms with E-state index in [0.29, 0.717) is 30.2 Å². The Morgan fingerprint density at radius 1 is 1.03 bits per heavy atom. The van der Waals surface area contributed by atoms with Gasteiger partial charge in [-0.1, -0.05) is 24.3 Å². The van der Waals surface area contributed by atoms with Crippen LogP contribution in [0.2, 0.25) is 0 Å². The fraction of sp³-hybridized carbons (Fsp3) is 0.364. The molecule has 2 aromatic rings. The predicted octanol–water partition coefficient (Wildman–Crippen LogP) is 2.14. The molecule has 3 atom stereocenters. The summed E-state index contributed by atoms with van der Waals surface area (Å²) in [6.45, 7) is 2.93. The van der Waals surface area contributed by atoms with Crippen LogP contribution in [0, 0.1) is 0 Å². The number of hydrogen-bond donors (Lipinski definition) is 2. The summed E-state index contributed by atoms with van der Waals surface area (Å²) in [4.78, 5) is 29.9. The van der Waals surface area contributed by atoms with Gasteiger partial charge in [-0.05, 0) is 30.7 Å². The second-order valence-electron chi connectivity index (χ2n) is 7.79. The second kappa shape index (κ2) is 7.87. The summed E-state index contributed by atoms with van der Waals surface area (Å²) >= 11 is 0. The fourth-order valence-corrected chi connectivity index (χ4v) is 4.42. The van der Waals surface area contributed by atoms with E-state index in [0.717, 1.165) is 25.2 Å². The molecule has 3 aliphatic rings. The van der Waals surface area contributed by atoms with Crippen LogP contribution in [0.25, 0.3) is 0 Å². The Balaban J connectivity index is 1.23. The number of carbonyl (C=O) groups excluding carboxylic acids is 2. The highest BCUT2D eigenvalue weighted by molar-refractivity contribution is 5.98. The summed E-state index contributed by atoms with van der Waals surface area (Å²) in [6.07, 6.45) is 0.948. The zero-order chi connectivity index (χ0) is 20.5. The summed E-state index contributed by atoms with van der Waals surface area (Å²) in [6, 6.07) is 15.0.